The number of nitrogens with one attached hydrogen (secondary N) is 1. The van der Waals surface area contributed by atoms with Gasteiger partial charge in [0.05, 0.1) is 10.0 Å². The van der Waals surface area contributed by atoms with E-state index in [0.29, 0.717) is 34.0 Å². The van der Waals surface area contributed by atoms with Gasteiger partial charge in [-0.05, 0) is 23.6 Å². The maximum atomic E-state index is 6.02. The molecule has 0 radical (unpaired) electrons. The molecule has 2 aromatic rings. The minimum Gasteiger partial charge on any atom is -0.489 e. The zero-order valence-corrected chi connectivity index (χ0v) is 13.0. The van der Waals surface area contributed by atoms with Crippen molar-refractivity contribution in [1.82, 2.24) is 5.32 Å². The smallest absolute Gasteiger partial charge is 0.156 e. The summed E-state index contributed by atoms with van der Waals surface area (Å²) in [5.41, 5.74) is 0. The van der Waals surface area contributed by atoms with Crippen LogP contribution < -0.4 is 10.1 Å². The Hall–Kier alpha value is -0.450. The number of rotatable bonds is 6. The largest absolute Gasteiger partial charge is 0.489 e. The van der Waals surface area contributed by atoms with Crippen molar-refractivity contribution in [3.05, 3.63) is 49.6 Å². The van der Waals surface area contributed by atoms with Crippen LogP contribution in [0.2, 0.25) is 15.1 Å². The Bertz CT molecular complexity index is 508. The van der Waals surface area contributed by atoms with Gasteiger partial charge in [-0.3, -0.25) is 0 Å². The lowest BCUT2D eigenvalue weighted by Crippen LogP contribution is -2.20. The highest BCUT2D eigenvalue weighted by atomic mass is 35.5. The normalized spacial score (nSPS) is 10.7. The molecule has 0 aliphatic rings. The molecule has 0 bridgehead atoms. The topological polar surface area (TPSA) is 21.3 Å². The molecule has 0 spiro atoms. The summed E-state index contributed by atoms with van der Waals surface area (Å²) in [6.45, 7) is 2.04. The van der Waals surface area contributed by atoms with Crippen LogP contribution in [-0.4, -0.2) is 13.2 Å². The van der Waals surface area contributed by atoms with Crippen molar-refractivity contribution >= 4 is 46.1 Å². The third kappa shape index (κ3) is 4.55. The van der Waals surface area contributed by atoms with Crippen molar-refractivity contribution in [3.8, 4) is 5.75 Å². The Balaban J connectivity index is 1.77. The molecule has 0 unspecified atom stereocenters. The van der Waals surface area contributed by atoms with Crippen LogP contribution in [0.1, 0.15) is 4.88 Å². The van der Waals surface area contributed by atoms with Crippen LogP contribution in [0, 0.1) is 0 Å². The summed E-state index contributed by atoms with van der Waals surface area (Å²) in [4.78, 5) is 1.29. The van der Waals surface area contributed by atoms with Crippen molar-refractivity contribution in [1.29, 1.82) is 0 Å². The molecule has 19 heavy (non-hydrogen) atoms. The van der Waals surface area contributed by atoms with Gasteiger partial charge in [0.2, 0.25) is 0 Å². The third-order valence-electron chi connectivity index (χ3n) is 2.37. The zero-order valence-electron chi connectivity index (χ0n) is 9.96. The SMILES string of the molecule is Clc1cc(Cl)c(OCCNCc2cccs2)c(Cl)c1. The zero-order chi connectivity index (χ0) is 13.7. The van der Waals surface area contributed by atoms with E-state index in [1.54, 1.807) is 23.5 Å². The van der Waals surface area contributed by atoms with E-state index in [0.717, 1.165) is 6.54 Å². The van der Waals surface area contributed by atoms with Crippen LogP contribution in [0.25, 0.3) is 0 Å². The highest BCUT2D eigenvalue weighted by Crippen LogP contribution is 2.35. The number of ether oxygens (including phenoxy) is 1. The average Bonchev–Trinajstić information content (AvgIpc) is 2.84. The molecule has 0 amide bonds. The molecule has 1 aromatic carbocycles. The quantitative estimate of drug-likeness (QED) is 0.759. The van der Waals surface area contributed by atoms with E-state index in [1.165, 1.54) is 4.88 Å². The van der Waals surface area contributed by atoms with Gasteiger partial charge in [-0.1, -0.05) is 40.9 Å². The molecule has 2 rings (SSSR count). The number of hydrogen-bond donors (Lipinski definition) is 1. The van der Waals surface area contributed by atoms with E-state index < -0.39 is 0 Å². The molecule has 2 nitrogen and oxygen atoms in total. The highest BCUT2D eigenvalue weighted by Gasteiger charge is 2.08. The Labute approximate surface area is 131 Å². The summed E-state index contributed by atoms with van der Waals surface area (Å²) >= 11 is 19.6. The predicted octanol–water partition coefficient (Wildman–Crippen LogP) is 4.88. The number of hydrogen-bond acceptors (Lipinski definition) is 3. The van der Waals surface area contributed by atoms with Gasteiger partial charge in [0.1, 0.15) is 6.61 Å². The molecule has 6 heteroatoms. The van der Waals surface area contributed by atoms with E-state index in [2.05, 4.69) is 16.8 Å². The molecular formula is C13H12Cl3NOS. The molecule has 1 N–H and O–H groups in total. The van der Waals surface area contributed by atoms with Crippen molar-refractivity contribution < 1.29 is 4.74 Å². The Kier molecular flexibility index (Phi) is 5.79. The van der Waals surface area contributed by atoms with E-state index in [-0.39, 0.29) is 0 Å². The first-order chi connectivity index (χ1) is 9.16. The monoisotopic (exact) mass is 335 g/mol. The van der Waals surface area contributed by atoms with Crippen LogP contribution in [0.3, 0.4) is 0 Å². The van der Waals surface area contributed by atoms with E-state index in [9.17, 15) is 0 Å². The van der Waals surface area contributed by atoms with Gasteiger partial charge < -0.3 is 10.1 Å². The maximum Gasteiger partial charge on any atom is 0.156 e. The average molecular weight is 337 g/mol. The molecule has 0 aliphatic heterocycles. The lowest BCUT2D eigenvalue weighted by Gasteiger charge is -2.10. The van der Waals surface area contributed by atoms with Crippen molar-refractivity contribution in [2.24, 2.45) is 0 Å². The van der Waals surface area contributed by atoms with Crippen molar-refractivity contribution in [2.75, 3.05) is 13.2 Å². The van der Waals surface area contributed by atoms with Crippen molar-refractivity contribution in [3.63, 3.8) is 0 Å². The molecule has 0 fully saturated rings. The summed E-state index contributed by atoms with van der Waals surface area (Å²) in [6.07, 6.45) is 0. The maximum absolute atomic E-state index is 6.02. The van der Waals surface area contributed by atoms with Gasteiger partial charge in [-0.2, -0.15) is 0 Å². The summed E-state index contributed by atoms with van der Waals surface area (Å²) in [5.74, 6) is 0.477. The highest BCUT2D eigenvalue weighted by molar-refractivity contribution is 7.09. The number of halogens is 3. The number of benzene rings is 1. The van der Waals surface area contributed by atoms with E-state index in [4.69, 9.17) is 39.5 Å². The van der Waals surface area contributed by atoms with Gasteiger partial charge in [0.25, 0.3) is 0 Å². The van der Waals surface area contributed by atoms with Crippen LogP contribution >= 0.6 is 46.1 Å². The predicted molar refractivity (Wildman–Crippen MR) is 83.0 cm³/mol. The van der Waals surface area contributed by atoms with Crippen molar-refractivity contribution in [2.45, 2.75) is 6.54 Å². The van der Waals surface area contributed by atoms with Crippen LogP contribution in [-0.2, 0) is 6.54 Å². The second-order valence-electron chi connectivity index (χ2n) is 3.80. The second-order valence-corrected chi connectivity index (χ2v) is 6.09. The first-order valence-electron chi connectivity index (χ1n) is 5.67. The van der Waals surface area contributed by atoms with E-state index >= 15 is 0 Å². The lowest BCUT2D eigenvalue weighted by molar-refractivity contribution is 0.314. The van der Waals surface area contributed by atoms with Gasteiger partial charge in [-0.25, -0.2) is 0 Å². The van der Waals surface area contributed by atoms with Gasteiger partial charge >= 0.3 is 0 Å². The van der Waals surface area contributed by atoms with Gasteiger partial charge in [0, 0.05) is 23.0 Å². The fourth-order valence-corrected chi connectivity index (χ4v) is 3.12. The molecule has 0 atom stereocenters. The molecule has 1 aromatic heterocycles. The molecule has 0 saturated carbocycles. The fourth-order valence-electron chi connectivity index (χ4n) is 1.52. The summed E-state index contributed by atoms with van der Waals surface area (Å²) in [7, 11) is 0. The molecule has 0 saturated heterocycles. The lowest BCUT2D eigenvalue weighted by atomic mass is 10.3. The molecule has 0 aliphatic carbocycles. The summed E-state index contributed by atoms with van der Waals surface area (Å²) in [6, 6.07) is 7.35. The van der Waals surface area contributed by atoms with E-state index in [1.807, 2.05) is 6.07 Å². The second kappa shape index (κ2) is 7.36. The van der Waals surface area contributed by atoms with Crippen LogP contribution in [0.4, 0.5) is 0 Å². The summed E-state index contributed by atoms with van der Waals surface area (Å²) in [5, 5.41) is 6.69. The standard InChI is InChI=1S/C13H12Cl3NOS/c14-9-6-11(15)13(12(16)7-9)18-4-3-17-8-10-2-1-5-19-10/h1-2,5-7,17H,3-4,8H2. The summed E-state index contributed by atoms with van der Waals surface area (Å²) < 4.78 is 5.56. The molecule has 102 valence electrons. The fraction of sp³-hybridized carbons (Fsp3) is 0.231. The van der Waals surface area contributed by atoms with Gasteiger partial charge in [-0.15, -0.1) is 11.3 Å². The Morgan fingerprint density at radius 3 is 2.53 bits per heavy atom. The first-order valence-corrected chi connectivity index (χ1v) is 7.68. The van der Waals surface area contributed by atoms with Crippen LogP contribution in [0.5, 0.6) is 5.75 Å². The number of thiophene rings is 1. The molecule has 1 heterocycles. The van der Waals surface area contributed by atoms with Crippen LogP contribution in [0.15, 0.2) is 29.6 Å². The first kappa shape index (κ1) is 14.9. The molecular weight excluding hydrogens is 325 g/mol. The minimum atomic E-state index is 0.427. The Morgan fingerprint density at radius 2 is 1.89 bits per heavy atom. The van der Waals surface area contributed by atoms with Gasteiger partial charge in [0.15, 0.2) is 5.75 Å². The third-order valence-corrected chi connectivity index (χ3v) is 4.02. The Morgan fingerprint density at radius 1 is 1.16 bits per heavy atom. The minimum absolute atomic E-state index is 0.427.